The molecule has 17 heavy (non-hydrogen) atoms. The molecule has 0 saturated carbocycles. The van der Waals surface area contributed by atoms with Crippen LogP contribution in [-0.2, 0) is 0 Å². The van der Waals surface area contributed by atoms with E-state index >= 15 is 0 Å². The fraction of sp³-hybridized carbons (Fsp3) is 0.875. The predicted molar refractivity (Wildman–Crippen MR) is 81.6 cm³/mol. The summed E-state index contributed by atoms with van der Waals surface area (Å²) < 4.78 is 0. The van der Waals surface area contributed by atoms with Crippen LogP contribution in [0.3, 0.4) is 0 Å². The number of hydrogen-bond donors (Lipinski definition) is 0. The largest absolute Gasteiger partial charge is 0.131 e. The van der Waals surface area contributed by atoms with E-state index in [9.17, 15) is 0 Å². The van der Waals surface area contributed by atoms with Crippen LogP contribution < -0.4 is 0 Å². The van der Waals surface area contributed by atoms with E-state index in [1.807, 2.05) is 0 Å². The van der Waals surface area contributed by atoms with Gasteiger partial charge in [-0.05, 0) is 42.8 Å². The first-order valence-electron chi connectivity index (χ1n) is 7.75. The molecule has 0 aliphatic heterocycles. The number of unbranched alkanes of at least 4 members (excludes halogenated alkanes) is 1. The molecule has 1 heteroatoms. The molecule has 0 aromatic carbocycles. The second kappa shape index (κ2) is 11.2. The lowest BCUT2D eigenvalue weighted by Crippen LogP contribution is -1.88. The molecular weight excluding hydrogens is 224 g/mol. The van der Waals surface area contributed by atoms with Crippen LogP contribution >= 0.6 is 11.8 Å². The third kappa shape index (κ3) is 8.77. The van der Waals surface area contributed by atoms with Crippen molar-refractivity contribution in [2.75, 3.05) is 5.75 Å². The van der Waals surface area contributed by atoms with Crippen molar-refractivity contribution in [3.63, 3.8) is 0 Å². The van der Waals surface area contributed by atoms with E-state index in [-0.39, 0.29) is 0 Å². The molecule has 100 valence electrons. The summed E-state index contributed by atoms with van der Waals surface area (Å²) in [5.74, 6) is 1.34. The maximum atomic E-state index is 2.54. The fourth-order valence-corrected chi connectivity index (χ4v) is 3.57. The van der Waals surface area contributed by atoms with Gasteiger partial charge in [-0.2, -0.15) is 0 Å². The minimum absolute atomic E-state index is 1.33. The highest BCUT2D eigenvalue weighted by molar-refractivity contribution is 8.03. The van der Waals surface area contributed by atoms with Crippen LogP contribution in [0.25, 0.3) is 0 Å². The van der Waals surface area contributed by atoms with Crippen molar-refractivity contribution in [1.82, 2.24) is 0 Å². The summed E-state index contributed by atoms with van der Waals surface area (Å²) >= 11 is 2.13. The van der Waals surface area contributed by atoms with Crippen molar-refractivity contribution in [3.05, 3.63) is 11.0 Å². The molecule has 0 amide bonds. The molecule has 0 unspecified atom stereocenters. The summed E-state index contributed by atoms with van der Waals surface area (Å²) in [6, 6.07) is 0. The Morgan fingerprint density at radius 3 is 2.29 bits per heavy atom. The smallest absolute Gasteiger partial charge is 0.00235 e. The molecule has 1 rings (SSSR count). The molecule has 1 aliphatic rings. The van der Waals surface area contributed by atoms with E-state index in [1.54, 1.807) is 4.91 Å². The van der Waals surface area contributed by atoms with Crippen molar-refractivity contribution < 1.29 is 0 Å². The standard InChI is InChI=1S/C16H30S/c1-2-3-15-17-16-13-11-9-7-5-4-6-8-10-12-14-16/h13H,2-12,14-15H2,1H3/b16-13+. The van der Waals surface area contributed by atoms with Gasteiger partial charge in [-0.15, -0.1) is 11.8 Å². The monoisotopic (exact) mass is 254 g/mol. The van der Waals surface area contributed by atoms with E-state index in [2.05, 4.69) is 24.8 Å². The van der Waals surface area contributed by atoms with Crippen LogP contribution in [0.4, 0.5) is 0 Å². The van der Waals surface area contributed by atoms with Gasteiger partial charge in [0.05, 0.1) is 0 Å². The quantitative estimate of drug-likeness (QED) is 0.529. The van der Waals surface area contributed by atoms with E-state index in [0.717, 1.165) is 0 Å². The molecule has 0 nitrogen and oxygen atoms in total. The minimum Gasteiger partial charge on any atom is -0.131 e. The minimum atomic E-state index is 1.33. The Kier molecular flexibility index (Phi) is 9.98. The molecule has 0 aromatic heterocycles. The van der Waals surface area contributed by atoms with E-state index in [4.69, 9.17) is 0 Å². The average Bonchev–Trinajstić information content (AvgIpc) is 2.32. The zero-order chi connectivity index (χ0) is 12.2. The van der Waals surface area contributed by atoms with Gasteiger partial charge < -0.3 is 0 Å². The van der Waals surface area contributed by atoms with Gasteiger partial charge in [0.2, 0.25) is 0 Å². The summed E-state index contributed by atoms with van der Waals surface area (Å²) in [6.45, 7) is 2.29. The maximum absolute atomic E-state index is 2.54. The molecule has 0 fully saturated rings. The Hall–Kier alpha value is 0.0900. The molecule has 0 heterocycles. The highest BCUT2D eigenvalue weighted by Crippen LogP contribution is 2.25. The van der Waals surface area contributed by atoms with Crippen LogP contribution in [-0.4, -0.2) is 5.75 Å². The Bertz CT molecular complexity index is 196. The third-order valence-corrected chi connectivity index (χ3v) is 4.77. The van der Waals surface area contributed by atoms with Crippen LogP contribution in [0.1, 0.15) is 84.0 Å². The Balaban J connectivity index is 2.28. The summed E-state index contributed by atoms with van der Waals surface area (Å²) in [7, 11) is 0. The lowest BCUT2D eigenvalue weighted by Gasteiger charge is -2.09. The lowest BCUT2D eigenvalue weighted by atomic mass is 10.0. The molecule has 0 bridgehead atoms. The summed E-state index contributed by atoms with van der Waals surface area (Å²) in [5.41, 5.74) is 0. The SMILES string of the molecule is CCCCS/C1=C/CCCCCCCCCC1. The number of hydrogen-bond acceptors (Lipinski definition) is 1. The van der Waals surface area contributed by atoms with Crippen molar-refractivity contribution in [2.45, 2.75) is 84.0 Å². The molecule has 0 saturated heterocycles. The van der Waals surface area contributed by atoms with E-state index < -0.39 is 0 Å². The second-order valence-electron chi connectivity index (χ2n) is 5.24. The van der Waals surface area contributed by atoms with Gasteiger partial charge in [0.1, 0.15) is 0 Å². The van der Waals surface area contributed by atoms with Gasteiger partial charge in [-0.1, -0.05) is 57.9 Å². The zero-order valence-corrected chi connectivity index (χ0v) is 12.5. The van der Waals surface area contributed by atoms with Crippen LogP contribution in [0.5, 0.6) is 0 Å². The zero-order valence-electron chi connectivity index (χ0n) is 11.7. The summed E-state index contributed by atoms with van der Waals surface area (Å²) in [4.78, 5) is 1.69. The first kappa shape index (κ1) is 15.1. The molecule has 0 spiro atoms. The lowest BCUT2D eigenvalue weighted by molar-refractivity contribution is 0.565. The van der Waals surface area contributed by atoms with E-state index in [1.165, 1.54) is 82.8 Å². The maximum Gasteiger partial charge on any atom is -0.00235 e. The normalized spacial score (nSPS) is 23.2. The number of allylic oxidation sites excluding steroid dienone is 2. The average molecular weight is 254 g/mol. The molecule has 0 radical (unpaired) electrons. The van der Waals surface area contributed by atoms with Crippen LogP contribution in [0.15, 0.2) is 11.0 Å². The van der Waals surface area contributed by atoms with Gasteiger partial charge in [0.15, 0.2) is 0 Å². The van der Waals surface area contributed by atoms with E-state index in [0.29, 0.717) is 0 Å². The van der Waals surface area contributed by atoms with Gasteiger partial charge in [0, 0.05) is 0 Å². The number of thioether (sulfide) groups is 1. The summed E-state index contributed by atoms with van der Waals surface area (Å²) in [5, 5.41) is 0. The van der Waals surface area contributed by atoms with Crippen molar-refractivity contribution in [2.24, 2.45) is 0 Å². The Morgan fingerprint density at radius 2 is 1.59 bits per heavy atom. The third-order valence-electron chi connectivity index (χ3n) is 3.53. The highest BCUT2D eigenvalue weighted by atomic mass is 32.2. The highest BCUT2D eigenvalue weighted by Gasteiger charge is 2.01. The van der Waals surface area contributed by atoms with Crippen LogP contribution in [0.2, 0.25) is 0 Å². The fourth-order valence-electron chi connectivity index (χ4n) is 2.35. The molecular formula is C16H30S. The Morgan fingerprint density at radius 1 is 0.941 bits per heavy atom. The van der Waals surface area contributed by atoms with Crippen molar-refractivity contribution in [1.29, 1.82) is 0 Å². The van der Waals surface area contributed by atoms with Gasteiger partial charge in [-0.3, -0.25) is 0 Å². The Labute approximate surface area is 113 Å². The first-order valence-corrected chi connectivity index (χ1v) is 8.74. The van der Waals surface area contributed by atoms with Crippen molar-refractivity contribution >= 4 is 11.8 Å². The number of rotatable bonds is 4. The molecule has 1 aliphatic carbocycles. The van der Waals surface area contributed by atoms with Crippen molar-refractivity contribution in [3.8, 4) is 0 Å². The van der Waals surface area contributed by atoms with Crippen LogP contribution in [0, 0.1) is 0 Å². The topological polar surface area (TPSA) is 0 Å². The van der Waals surface area contributed by atoms with Gasteiger partial charge >= 0.3 is 0 Å². The molecule has 0 N–H and O–H groups in total. The van der Waals surface area contributed by atoms with Gasteiger partial charge in [-0.25, -0.2) is 0 Å². The van der Waals surface area contributed by atoms with Gasteiger partial charge in [0.25, 0.3) is 0 Å². The molecule has 0 aromatic rings. The first-order chi connectivity index (χ1) is 8.43. The second-order valence-corrected chi connectivity index (χ2v) is 6.46. The molecule has 0 atom stereocenters. The predicted octanol–water partition coefficient (Wildman–Crippen LogP) is 6.32. The summed E-state index contributed by atoms with van der Waals surface area (Å²) in [6.07, 6.45) is 19.5.